The zero-order chi connectivity index (χ0) is 18.1. The highest BCUT2D eigenvalue weighted by atomic mass is 79.9. The maximum atomic E-state index is 12.5. The van der Waals surface area contributed by atoms with Gasteiger partial charge in [0.15, 0.2) is 5.76 Å². The molecule has 0 radical (unpaired) electrons. The number of carbonyl (C=O) groups excluding carboxylic acids is 2. The second-order valence-corrected chi connectivity index (χ2v) is 7.25. The largest absolute Gasteiger partial charge is 0.458 e. The zero-order valence-corrected chi connectivity index (χ0v) is 15.9. The summed E-state index contributed by atoms with van der Waals surface area (Å²) in [6, 6.07) is 1.58. The molecule has 3 heterocycles. The quantitative estimate of drug-likeness (QED) is 0.838. The molecule has 1 fully saturated rings. The molecule has 0 saturated carbocycles. The average Bonchev–Trinajstić information content (AvgIpc) is 3.28. The summed E-state index contributed by atoms with van der Waals surface area (Å²) in [5.41, 5.74) is 1.55. The van der Waals surface area contributed by atoms with Crippen LogP contribution in [-0.2, 0) is 4.79 Å². The van der Waals surface area contributed by atoms with Crippen LogP contribution in [0.25, 0.3) is 0 Å². The molecule has 0 aromatic carbocycles. The van der Waals surface area contributed by atoms with Crippen molar-refractivity contribution in [3.05, 3.63) is 39.6 Å². The molecule has 2 aromatic heterocycles. The molecular formula is C17H20BrN3O4. The number of nitrogens with one attached hydrogen (secondary N) is 1. The Balaban J connectivity index is 1.59. The monoisotopic (exact) mass is 409 g/mol. The van der Waals surface area contributed by atoms with Gasteiger partial charge in [0.05, 0.1) is 16.1 Å². The van der Waals surface area contributed by atoms with E-state index in [-0.39, 0.29) is 23.8 Å². The molecule has 0 bridgehead atoms. The molecule has 7 nitrogen and oxygen atoms in total. The van der Waals surface area contributed by atoms with Gasteiger partial charge >= 0.3 is 0 Å². The first-order valence-electron chi connectivity index (χ1n) is 8.13. The number of aromatic nitrogens is 1. The summed E-state index contributed by atoms with van der Waals surface area (Å²) < 4.78 is 11.1. The molecule has 134 valence electrons. The summed E-state index contributed by atoms with van der Waals surface area (Å²) in [5.74, 6) is 0.349. The summed E-state index contributed by atoms with van der Waals surface area (Å²) >= 11 is 3.27. The smallest absolute Gasteiger partial charge is 0.289 e. The van der Waals surface area contributed by atoms with Crippen LogP contribution in [0, 0.1) is 13.8 Å². The van der Waals surface area contributed by atoms with Gasteiger partial charge in [0.1, 0.15) is 12.0 Å². The number of furan rings is 1. The van der Waals surface area contributed by atoms with Crippen LogP contribution in [0.4, 0.5) is 0 Å². The first kappa shape index (κ1) is 17.7. The van der Waals surface area contributed by atoms with E-state index in [1.54, 1.807) is 17.9 Å². The highest BCUT2D eigenvalue weighted by Gasteiger charge is 2.31. The Morgan fingerprint density at radius 3 is 2.80 bits per heavy atom. The van der Waals surface area contributed by atoms with Gasteiger partial charge in [-0.05, 0) is 43.1 Å². The second kappa shape index (κ2) is 7.03. The molecule has 1 aliphatic rings. The van der Waals surface area contributed by atoms with E-state index >= 15 is 0 Å². The lowest BCUT2D eigenvalue weighted by atomic mass is 9.98. The van der Waals surface area contributed by atoms with Crippen LogP contribution in [0.3, 0.4) is 0 Å². The van der Waals surface area contributed by atoms with E-state index in [0.717, 1.165) is 15.7 Å². The van der Waals surface area contributed by atoms with Crippen molar-refractivity contribution in [3.8, 4) is 0 Å². The molecule has 2 atom stereocenters. The molecular weight excluding hydrogens is 390 g/mol. The van der Waals surface area contributed by atoms with Gasteiger partial charge < -0.3 is 19.2 Å². The van der Waals surface area contributed by atoms with Crippen molar-refractivity contribution in [1.82, 2.24) is 15.4 Å². The number of amides is 2. The van der Waals surface area contributed by atoms with Gasteiger partial charge in [-0.3, -0.25) is 9.59 Å². The number of aryl methyl sites for hydroxylation is 2. The lowest BCUT2D eigenvalue weighted by molar-refractivity contribution is -0.122. The SMILES string of the molecule is Cc1noc(C)c1C(C)C(=O)N[C@@H]1CCN(C(=O)c2cc(Br)co2)C1. The van der Waals surface area contributed by atoms with Gasteiger partial charge in [0.2, 0.25) is 5.91 Å². The second-order valence-electron chi connectivity index (χ2n) is 6.33. The van der Waals surface area contributed by atoms with Crippen LogP contribution in [0.15, 0.2) is 25.7 Å². The van der Waals surface area contributed by atoms with Crippen LogP contribution >= 0.6 is 15.9 Å². The Kier molecular flexibility index (Phi) is 4.99. The molecule has 3 rings (SSSR count). The Hall–Kier alpha value is -2.09. The van der Waals surface area contributed by atoms with Crippen molar-refractivity contribution in [1.29, 1.82) is 0 Å². The number of nitrogens with zero attached hydrogens (tertiary/aromatic N) is 2. The predicted octanol–water partition coefficient (Wildman–Crippen LogP) is 2.78. The first-order valence-corrected chi connectivity index (χ1v) is 8.92. The minimum Gasteiger partial charge on any atom is -0.458 e. The van der Waals surface area contributed by atoms with Crippen LogP contribution in [-0.4, -0.2) is 41.0 Å². The highest BCUT2D eigenvalue weighted by Crippen LogP contribution is 2.24. The van der Waals surface area contributed by atoms with Gasteiger partial charge in [-0.25, -0.2) is 0 Å². The molecule has 2 aromatic rings. The van der Waals surface area contributed by atoms with Crippen LogP contribution in [0.2, 0.25) is 0 Å². The number of rotatable bonds is 4. The maximum Gasteiger partial charge on any atom is 0.289 e. The Labute approximate surface area is 153 Å². The van der Waals surface area contributed by atoms with Crippen LogP contribution in [0.1, 0.15) is 46.8 Å². The van der Waals surface area contributed by atoms with Crippen molar-refractivity contribution >= 4 is 27.7 Å². The van der Waals surface area contributed by atoms with E-state index in [4.69, 9.17) is 8.94 Å². The third kappa shape index (κ3) is 3.63. The zero-order valence-electron chi connectivity index (χ0n) is 14.3. The van der Waals surface area contributed by atoms with E-state index in [1.165, 1.54) is 6.26 Å². The first-order chi connectivity index (χ1) is 11.9. The lowest BCUT2D eigenvalue weighted by Crippen LogP contribution is -2.40. The van der Waals surface area contributed by atoms with Crippen molar-refractivity contribution in [2.24, 2.45) is 0 Å². The van der Waals surface area contributed by atoms with Crippen LogP contribution < -0.4 is 5.32 Å². The topological polar surface area (TPSA) is 88.6 Å². The number of likely N-dealkylation sites (tertiary alicyclic amines) is 1. The fraction of sp³-hybridized carbons (Fsp3) is 0.471. The molecule has 25 heavy (non-hydrogen) atoms. The van der Waals surface area contributed by atoms with Gasteiger partial charge in [0.25, 0.3) is 5.91 Å². The van der Waals surface area contributed by atoms with Crippen LogP contribution in [0.5, 0.6) is 0 Å². The standard InChI is InChI=1S/C17H20BrN3O4/c1-9(15-10(2)20-25-11(15)3)16(22)19-13-4-5-21(7-13)17(23)14-6-12(18)8-24-14/h6,8-9,13H,4-5,7H2,1-3H3,(H,19,22)/t9?,13-/m1/s1. The van der Waals surface area contributed by atoms with E-state index in [1.807, 2.05) is 13.8 Å². The third-order valence-corrected chi connectivity index (χ3v) is 4.93. The number of carbonyl (C=O) groups is 2. The highest BCUT2D eigenvalue weighted by molar-refractivity contribution is 9.10. The molecule has 8 heteroatoms. The Bertz CT molecular complexity index is 778. The summed E-state index contributed by atoms with van der Waals surface area (Å²) in [6.07, 6.45) is 2.20. The van der Waals surface area contributed by atoms with Gasteiger partial charge in [-0.1, -0.05) is 5.16 Å². The van der Waals surface area contributed by atoms with E-state index in [2.05, 4.69) is 26.4 Å². The third-order valence-electron chi connectivity index (χ3n) is 4.51. The molecule has 0 aliphatic carbocycles. The van der Waals surface area contributed by atoms with E-state index in [0.29, 0.717) is 31.0 Å². The lowest BCUT2D eigenvalue weighted by Gasteiger charge is -2.18. The van der Waals surface area contributed by atoms with Crippen molar-refractivity contribution < 1.29 is 18.5 Å². The summed E-state index contributed by atoms with van der Waals surface area (Å²) in [5, 5.41) is 6.92. The summed E-state index contributed by atoms with van der Waals surface area (Å²) in [6.45, 7) is 6.52. The molecule has 0 spiro atoms. The van der Waals surface area contributed by atoms with Crippen molar-refractivity contribution in [2.45, 2.75) is 39.2 Å². The number of halogens is 1. The minimum absolute atomic E-state index is 0.0715. The summed E-state index contributed by atoms with van der Waals surface area (Å²) in [4.78, 5) is 26.6. The van der Waals surface area contributed by atoms with Crippen molar-refractivity contribution in [2.75, 3.05) is 13.1 Å². The molecule has 1 N–H and O–H groups in total. The number of hydrogen-bond acceptors (Lipinski definition) is 5. The molecule has 1 unspecified atom stereocenters. The fourth-order valence-electron chi connectivity index (χ4n) is 3.21. The summed E-state index contributed by atoms with van der Waals surface area (Å²) in [7, 11) is 0. The normalized spacial score (nSPS) is 18.4. The molecule has 1 aliphatic heterocycles. The van der Waals surface area contributed by atoms with E-state index < -0.39 is 0 Å². The Morgan fingerprint density at radius 1 is 1.44 bits per heavy atom. The Morgan fingerprint density at radius 2 is 2.20 bits per heavy atom. The van der Waals surface area contributed by atoms with E-state index in [9.17, 15) is 9.59 Å². The maximum absolute atomic E-state index is 12.5. The van der Waals surface area contributed by atoms with Gasteiger partial charge in [-0.2, -0.15) is 0 Å². The van der Waals surface area contributed by atoms with Gasteiger partial charge in [-0.15, -0.1) is 0 Å². The molecule has 2 amide bonds. The molecule has 1 saturated heterocycles. The van der Waals surface area contributed by atoms with Gasteiger partial charge in [0, 0.05) is 30.8 Å². The van der Waals surface area contributed by atoms with Crippen molar-refractivity contribution in [3.63, 3.8) is 0 Å². The fourth-order valence-corrected chi connectivity index (χ4v) is 3.51. The number of hydrogen-bond donors (Lipinski definition) is 1. The predicted molar refractivity (Wildman–Crippen MR) is 93.3 cm³/mol. The average molecular weight is 410 g/mol. The minimum atomic E-state index is -0.350.